The van der Waals surface area contributed by atoms with Crippen LogP contribution in [0, 0.1) is 0 Å². The molecule has 1 heterocycles. The Labute approximate surface area is 119 Å². The molecular formula is C15H33N3O. The largest absolute Gasteiger partial charge is 0.383 e. The van der Waals surface area contributed by atoms with Crippen molar-refractivity contribution in [3.05, 3.63) is 0 Å². The first-order valence-corrected chi connectivity index (χ1v) is 7.59. The molecule has 4 nitrogen and oxygen atoms in total. The van der Waals surface area contributed by atoms with Crippen LogP contribution in [0.1, 0.15) is 33.6 Å². The molecule has 0 aromatic rings. The molecule has 4 heteroatoms. The van der Waals surface area contributed by atoms with E-state index in [4.69, 9.17) is 4.74 Å². The lowest BCUT2D eigenvalue weighted by molar-refractivity contribution is 0.0953. The number of rotatable bonds is 8. The number of nitrogens with zero attached hydrogens (tertiary/aromatic N) is 2. The van der Waals surface area contributed by atoms with E-state index in [9.17, 15) is 0 Å². The highest BCUT2D eigenvalue weighted by Gasteiger charge is 2.19. The molecule has 1 fully saturated rings. The monoisotopic (exact) mass is 271 g/mol. The van der Waals surface area contributed by atoms with Gasteiger partial charge < -0.3 is 15.0 Å². The summed E-state index contributed by atoms with van der Waals surface area (Å²) in [7, 11) is 4.00. The van der Waals surface area contributed by atoms with Crippen LogP contribution in [-0.4, -0.2) is 74.9 Å². The van der Waals surface area contributed by atoms with Crippen molar-refractivity contribution in [1.82, 2.24) is 15.1 Å². The molecule has 1 unspecified atom stereocenters. The third-order valence-electron chi connectivity index (χ3n) is 3.82. The molecular weight excluding hydrogens is 238 g/mol. The van der Waals surface area contributed by atoms with Gasteiger partial charge in [0, 0.05) is 38.3 Å². The molecule has 0 spiro atoms. The number of nitrogens with one attached hydrogen (secondary N) is 1. The van der Waals surface area contributed by atoms with Crippen LogP contribution in [0.15, 0.2) is 0 Å². The summed E-state index contributed by atoms with van der Waals surface area (Å²) in [6.45, 7) is 13.3. The number of likely N-dealkylation sites (N-methyl/N-ethyl adjacent to an activating group) is 1. The minimum absolute atomic E-state index is 0.168. The van der Waals surface area contributed by atoms with Crippen LogP contribution in [0.2, 0.25) is 0 Å². The van der Waals surface area contributed by atoms with Gasteiger partial charge in [-0.05, 0) is 53.8 Å². The van der Waals surface area contributed by atoms with Gasteiger partial charge in [0.15, 0.2) is 0 Å². The molecule has 0 aromatic carbocycles. The number of ether oxygens (including phenoxy) is 1. The summed E-state index contributed by atoms with van der Waals surface area (Å²) in [6.07, 6.45) is 2.74. The summed E-state index contributed by atoms with van der Waals surface area (Å²) in [5.74, 6) is 0. The van der Waals surface area contributed by atoms with Crippen molar-refractivity contribution >= 4 is 0 Å². The van der Waals surface area contributed by atoms with E-state index in [1.165, 1.54) is 32.5 Å². The smallest absolute Gasteiger partial charge is 0.0630 e. The highest BCUT2D eigenvalue weighted by Crippen LogP contribution is 2.08. The Kier molecular flexibility index (Phi) is 7.29. The van der Waals surface area contributed by atoms with Crippen LogP contribution in [0.4, 0.5) is 0 Å². The fourth-order valence-electron chi connectivity index (χ4n) is 2.45. The average Bonchev–Trinajstić information content (AvgIpc) is 2.83. The third-order valence-corrected chi connectivity index (χ3v) is 3.82. The molecule has 1 saturated heterocycles. The Morgan fingerprint density at radius 1 is 1.26 bits per heavy atom. The Hall–Kier alpha value is -0.160. The molecule has 0 saturated carbocycles. The molecule has 0 bridgehead atoms. The van der Waals surface area contributed by atoms with Crippen molar-refractivity contribution in [2.75, 3.05) is 53.5 Å². The summed E-state index contributed by atoms with van der Waals surface area (Å²) in [4.78, 5) is 5.00. The molecule has 1 N–H and O–H groups in total. The summed E-state index contributed by atoms with van der Waals surface area (Å²) < 4.78 is 5.37. The van der Waals surface area contributed by atoms with Gasteiger partial charge in [-0.3, -0.25) is 4.90 Å². The van der Waals surface area contributed by atoms with E-state index >= 15 is 0 Å². The van der Waals surface area contributed by atoms with Gasteiger partial charge in [0.2, 0.25) is 0 Å². The SMILES string of the molecule is COCC(CNC(C)(C)C)N(C)CCN1CCCC1. The van der Waals surface area contributed by atoms with Gasteiger partial charge in [0.05, 0.1) is 6.61 Å². The van der Waals surface area contributed by atoms with Crippen LogP contribution in [-0.2, 0) is 4.74 Å². The summed E-state index contributed by atoms with van der Waals surface area (Å²) in [5.41, 5.74) is 0.168. The maximum Gasteiger partial charge on any atom is 0.0630 e. The van der Waals surface area contributed by atoms with Crippen molar-refractivity contribution < 1.29 is 4.74 Å². The van der Waals surface area contributed by atoms with Crippen LogP contribution in [0.3, 0.4) is 0 Å². The molecule has 1 aliphatic heterocycles. The fourth-order valence-corrected chi connectivity index (χ4v) is 2.45. The molecule has 0 aliphatic carbocycles. The lowest BCUT2D eigenvalue weighted by Crippen LogP contribution is -2.49. The Morgan fingerprint density at radius 2 is 1.89 bits per heavy atom. The lowest BCUT2D eigenvalue weighted by Gasteiger charge is -2.32. The number of methoxy groups -OCH3 is 1. The summed E-state index contributed by atoms with van der Waals surface area (Å²) >= 11 is 0. The quantitative estimate of drug-likeness (QED) is 0.722. The van der Waals surface area contributed by atoms with E-state index in [0.717, 1.165) is 19.7 Å². The molecule has 19 heavy (non-hydrogen) atoms. The zero-order valence-corrected chi connectivity index (χ0v) is 13.5. The minimum atomic E-state index is 0.168. The maximum absolute atomic E-state index is 5.37. The van der Waals surface area contributed by atoms with E-state index in [-0.39, 0.29) is 5.54 Å². The lowest BCUT2D eigenvalue weighted by atomic mass is 10.1. The van der Waals surface area contributed by atoms with Gasteiger partial charge in [-0.15, -0.1) is 0 Å². The van der Waals surface area contributed by atoms with Crippen molar-refractivity contribution in [2.45, 2.75) is 45.2 Å². The third kappa shape index (κ3) is 7.25. The molecule has 0 radical (unpaired) electrons. The number of hydrogen-bond acceptors (Lipinski definition) is 4. The van der Waals surface area contributed by atoms with Gasteiger partial charge in [0.1, 0.15) is 0 Å². The maximum atomic E-state index is 5.37. The Morgan fingerprint density at radius 3 is 2.42 bits per heavy atom. The first-order valence-electron chi connectivity index (χ1n) is 7.59. The zero-order valence-electron chi connectivity index (χ0n) is 13.5. The first-order chi connectivity index (χ1) is 8.92. The predicted molar refractivity (Wildman–Crippen MR) is 81.7 cm³/mol. The molecule has 0 aromatic heterocycles. The Bertz CT molecular complexity index is 234. The second kappa shape index (κ2) is 8.20. The average molecular weight is 271 g/mol. The van der Waals surface area contributed by atoms with E-state index in [0.29, 0.717) is 6.04 Å². The van der Waals surface area contributed by atoms with E-state index in [1.54, 1.807) is 7.11 Å². The van der Waals surface area contributed by atoms with Gasteiger partial charge in [-0.25, -0.2) is 0 Å². The van der Waals surface area contributed by atoms with Crippen LogP contribution in [0.5, 0.6) is 0 Å². The highest BCUT2D eigenvalue weighted by molar-refractivity contribution is 4.78. The number of hydrogen-bond donors (Lipinski definition) is 1. The minimum Gasteiger partial charge on any atom is -0.383 e. The second-order valence-electron chi connectivity index (χ2n) is 6.77. The molecule has 114 valence electrons. The summed E-state index contributed by atoms with van der Waals surface area (Å²) in [6, 6.07) is 0.451. The van der Waals surface area contributed by atoms with E-state index in [2.05, 4.69) is 42.9 Å². The van der Waals surface area contributed by atoms with Gasteiger partial charge >= 0.3 is 0 Å². The van der Waals surface area contributed by atoms with Gasteiger partial charge in [0.25, 0.3) is 0 Å². The standard InChI is InChI=1S/C15H33N3O/c1-15(2,3)16-12-14(13-19-5)17(4)10-11-18-8-6-7-9-18/h14,16H,6-13H2,1-5H3. The van der Waals surface area contributed by atoms with Crippen LogP contribution < -0.4 is 5.32 Å². The predicted octanol–water partition coefficient (Wildman–Crippen LogP) is 1.42. The summed E-state index contributed by atoms with van der Waals surface area (Å²) in [5, 5.41) is 3.58. The molecule has 0 amide bonds. The van der Waals surface area contributed by atoms with Crippen molar-refractivity contribution in [3.8, 4) is 0 Å². The number of likely N-dealkylation sites (tertiary alicyclic amines) is 1. The molecule has 1 aliphatic rings. The van der Waals surface area contributed by atoms with Crippen molar-refractivity contribution in [3.63, 3.8) is 0 Å². The van der Waals surface area contributed by atoms with Crippen LogP contribution in [0.25, 0.3) is 0 Å². The van der Waals surface area contributed by atoms with Crippen LogP contribution >= 0.6 is 0 Å². The second-order valence-corrected chi connectivity index (χ2v) is 6.77. The van der Waals surface area contributed by atoms with Gasteiger partial charge in [-0.1, -0.05) is 0 Å². The first kappa shape index (κ1) is 16.9. The van der Waals surface area contributed by atoms with Crippen molar-refractivity contribution in [1.29, 1.82) is 0 Å². The zero-order chi connectivity index (χ0) is 14.3. The van der Waals surface area contributed by atoms with Gasteiger partial charge in [-0.2, -0.15) is 0 Å². The van der Waals surface area contributed by atoms with Crippen molar-refractivity contribution in [2.24, 2.45) is 0 Å². The van der Waals surface area contributed by atoms with E-state index in [1.807, 2.05) is 0 Å². The highest BCUT2D eigenvalue weighted by atomic mass is 16.5. The Balaban J connectivity index is 2.31. The van der Waals surface area contributed by atoms with E-state index < -0.39 is 0 Å². The fraction of sp³-hybridized carbons (Fsp3) is 1.00. The topological polar surface area (TPSA) is 27.7 Å². The molecule has 1 atom stereocenters. The normalized spacial score (nSPS) is 19.3. The molecule has 1 rings (SSSR count).